The van der Waals surface area contributed by atoms with Crippen LogP contribution >= 0.6 is 0 Å². The first-order chi connectivity index (χ1) is 8.77. The monoisotopic (exact) mass is 236 g/mol. The second-order valence-corrected chi connectivity index (χ2v) is 5.19. The predicted molar refractivity (Wildman–Crippen MR) is 67.7 cm³/mol. The van der Waals surface area contributed by atoms with Crippen molar-refractivity contribution >= 4 is 11.6 Å². The van der Waals surface area contributed by atoms with Gasteiger partial charge in [-0.1, -0.05) is 36.5 Å². The number of fused-ring (bicyclic) bond motifs is 1. The summed E-state index contributed by atoms with van der Waals surface area (Å²) in [4.78, 5) is 24.0. The Kier molecular flexibility index (Phi) is 1.83. The van der Waals surface area contributed by atoms with Crippen molar-refractivity contribution in [1.82, 2.24) is 0 Å². The van der Waals surface area contributed by atoms with Gasteiger partial charge < -0.3 is 0 Å². The van der Waals surface area contributed by atoms with Crippen LogP contribution in [-0.4, -0.2) is 11.6 Å². The highest BCUT2D eigenvalue weighted by Crippen LogP contribution is 2.48. The molecule has 0 N–H and O–H groups in total. The number of carbonyl (C=O) groups excluding carboxylic acids is 2. The highest BCUT2D eigenvalue weighted by molar-refractivity contribution is 6.52. The second-order valence-electron chi connectivity index (χ2n) is 5.19. The van der Waals surface area contributed by atoms with Crippen molar-refractivity contribution in [2.24, 2.45) is 11.8 Å². The van der Waals surface area contributed by atoms with E-state index < -0.39 is 0 Å². The summed E-state index contributed by atoms with van der Waals surface area (Å²) in [5.41, 5.74) is 3.93. The maximum Gasteiger partial charge on any atom is 0.229 e. The first-order valence-electron chi connectivity index (χ1n) is 6.36. The van der Waals surface area contributed by atoms with Gasteiger partial charge in [0.05, 0.1) is 0 Å². The van der Waals surface area contributed by atoms with E-state index in [1.807, 2.05) is 12.2 Å². The molecule has 1 saturated carbocycles. The molecule has 0 heterocycles. The van der Waals surface area contributed by atoms with E-state index in [2.05, 4.69) is 18.2 Å². The van der Waals surface area contributed by atoms with Crippen LogP contribution in [0.3, 0.4) is 0 Å². The van der Waals surface area contributed by atoms with Crippen LogP contribution in [0, 0.1) is 11.8 Å². The quantitative estimate of drug-likeness (QED) is 0.605. The molecule has 0 aromatic heterocycles. The summed E-state index contributed by atoms with van der Waals surface area (Å²) < 4.78 is 0. The summed E-state index contributed by atoms with van der Waals surface area (Å²) in [6, 6.07) is 0. The Morgan fingerprint density at radius 2 is 1.94 bits per heavy atom. The molecular weight excluding hydrogens is 224 g/mol. The molecule has 0 bridgehead atoms. The van der Waals surface area contributed by atoms with Crippen LogP contribution in [0.15, 0.2) is 58.7 Å². The van der Waals surface area contributed by atoms with Crippen molar-refractivity contribution in [1.29, 1.82) is 0 Å². The Balaban J connectivity index is 1.97. The second kappa shape index (κ2) is 3.29. The van der Waals surface area contributed by atoms with Gasteiger partial charge >= 0.3 is 0 Å². The Labute approximate surface area is 105 Å². The standard InChI is InChI=1S/C16H12O2/c17-15-12-7-3-6-11-10-5-2-1-4-9(10)8-13(14(11)12)16(15)18/h2-3,5-8,11,14H,1,4H2. The van der Waals surface area contributed by atoms with Gasteiger partial charge in [-0.05, 0) is 24.0 Å². The van der Waals surface area contributed by atoms with Gasteiger partial charge in [0.25, 0.3) is 0 Å². The van der Waals surface area contributed by atoms with Crippen LogP contribution in [0.4, 0.5) is 0 Å². The summed E-state index contributed by atoms with van der Waals surface area (Å²) in [7, 11) is 0. The number of rotatable bonds is 0. The summed E-state index contributed by atoms with van der Waals surface area (Å²) in [5, 5.41) is 0. The minimum Gasteiger partial charge on any atom is -0.285 e. The molecule has 1 fully saturated rings. The van der Waals surface area contributed by atoms with E-state index in [0.717, 1.165) is 18.4 Å². The van der Waals surface area contributed by atoms with Crippen molar-refractivity contribution in [2.45, 2.75) is 12.8 Å². The van der Waals surface area contributed by atoms with Gasteiger partial charge in [0.15, 0.2) is 0 Å². The van der Waals surface area contributed by atoms with Gasteiger partial charge in [0, 0.05) is 23.0 Å². The Morgan fingerprint density at radius 3 is 2.83 bits per heavy atom. The summed E-state index contributed by atoms with van der Waals surface area (Å²) in [6.45, 7) is 0. The van der Waals surface area contributed by atoms with Gasteiger partial charge in [-0.3, -0.25) is 9.59 Å². The van der Waals surface area contributed by atoms with Crippen LogP contribution in [0.25, 0.3) is 0 Å². The van der Waals surface area contributed by atoms with Crippen molar-refractivity contribution in [3.05, 3.63) is 58.7 Å². The zero-order chi connectivity index (χ0) is 12.3. The number of carbonyl (C=O) groups is 2. The first kappa shape index (κ1) is 10.0. The summed E-state index contributed by atoms with van der Waals surface area (Å²) in [5.74, 6) is -0.422. The van der Waals surface area contributed by atoms with E-state index >= 15 is 0 Å². The smallest absolute Gasteiger partial charge is 0.229 e. The first-order valence-corrected chi connectivity index (χ1v) is 6.36. The zero-order valence-corrected chi connectivity index (χ0v) is 9.85. The van der Waals surface area contributed by atoms with Crippen LogP contribution in [0.5, 0.6) is 0 Å². The molecule has 88 valence electrons. The van der Waals surface area contributed by atoms with E-state index in [0.29, 0.717) is 5.57 Å². The highest BCUT2D eigenvalue weighted by Gasteiger charge is 2.47. The number of Topliss-reactive ketones (excluding diaryl/α,β-unsaturated/α-hetero) is 2. The SMILES string of the molecule is O=C1C(=O)C2=CC3=C(C=CCC3)C3C=CC=C1C23. The van der Waals surface area contributed by atoms with Gasteiger partial charge in [-0.15, -0.1) is 0 Å². The van der Waals surface area contributed by atoms with Crippen molar-refractivity contribution in [3.8, 4) is 0 Å². The number of hydrogen-bond donors (Lipinski definition) is 0. The fourth-order valence-corrected chi connectivity index (χ4v) is 3.48. The third-order valence-electron chi connectivity index (χ3n) is 4.29. The molecular formula is C16H12O2. The Bertz CT molecular complexity index is 638. The minimum atomic E-state index is -0.301. The molecule has 0 saturated heterocycles. The Morgan fingerprint density at radius 1 is 1.11 bits per heavy atom. The van der Waals surface area contributed by atoms with Crippen LogP contribution < -0.4 is 0 Å². The van der Waals surface area contributed by atoms with Gasteiger partial charge in [0.2, 0.25) is 11.6 Å². The van der Waals surface area contributed by atoms with Crippen LogP contribution in [-0.2, 0) is 9.59 Å². The molecule has 2 unspecified atom stereocenters. The maximum atomic E-state index is 12.0. The molecule has 0 spiro atoms. The predicted octanol–water partition coefficient (Wildman–Crippen LogP) is 2.45. The fourth-order valence-electron chi connectivity index (χ4n) is 3.48. The van der Waals surface area contributed by atoms with Crippen LogP contribution in [0.1, 0.15) is 12.8 Å². The van der Waals surface area contributed by atoms with E-state index in [-0.39, 0.29) is 23.4 Å². The van der Waals surface area contributed by atoms with Crippen molar-refractivity contribution in [2.75, 3.05) is 0 Å². The Hall–Kier alpha value is -1.96. The van der Waals surface area contributed by atoms with E-state index in [1.165, 1.54) is 11.1 Å². The average molecular weight is 236 g/mol. The lowest BCUT2D eigenvalue weighted by Crippen LogP contribution is -2.23. The molecule has 0 aliphatic heterocycles. The molecule has 2 atom stereocenters. The lowest BCUT2D eigenvalue weighted by atomic mass is 9.70. The third-order valence-corrected chi connectivity index (χ3v) is 4.29. The minimum absolute atomic E-state index is 0.0171. The maximum absolute atomic E-state index is 12.0. The molecule has 18 heavy (non-hydrogen) atoms. The van der Waals surface area contributed by atoms with E-state index in [1.54, 1.807) is 6.08 Å². The van der Waals surface area contributed by atoms with Gasteiger partial charge in [-0.2, -0.15) is 0 Å². The van der Waals surface area contributed by atoms with Gasteiger partial charge in [0.1, 0.15) is 0 Å². The molecule has 0 aromatic carbocycles. The highest BCUT2D eigenvalue weighted by atomic mass is 16.2. The third kappa shape index (κ3) is 1.08. The average Bonchev–Trinajstić information content (AvgIpc) is 2.66. The molecule has 2 nitrogen and oxygen atoms in total. The summed E-state index contributed by atoms with van der Waals surface area (Å²) >= 11 is 0. The molecule has 4 aliphatic rings. The molecule has 2 heteroatoms. The van der Waals surface area contributed by atoms with Crippen molar-refractivity contribution < 1.29 is 9.59 Å². The largest absolute Gasteiger partial charge is 0.285 e. The van der Waals surface area contributed by atoms with E-state index in [4.69, 9.17) is 0 Å². The topological polar surface area (TPSA) is 34.1 Å². The van der Waals surface area contributed by atoms with Gasteiger partial charge in [-0.25, -0.2) is 0 Å². The number of hydrogen-bond acceptors (Lipinski definition) is 2. The molecule has 4 aliphatic carbocycles. The number of allylic oxidation sites excluding steroid dienone is 10. The normalized spacial score (nSPS) is 32.2. The molecule has 0 amide bonds. The van der Waals surface area contributed by atoms with Crippen LogP contribution in [0.2, 0.25) is 0 Å². The number of ketones is 2. The molecule has 4 rings (SSSR count). The van der Waals surface area contributed by atoms with Crippen molar-refractivity contribution in [3.63, 3.8) is 0 Å². The fraction of sp³-hybridized carbons (Fsp3) is 0.250. The summed E-state index contributed by atoms with van der Waals surface area (Å²) in [6.07, 6.45) is 14.2. The molecule has 0 radical (unpaired) electrons. The van der Waals surface area contributed by atoms with E-state index in [9.17, 15) is 9.59 Å². The lowest BCUT2D eigenvalue weighted by Gasteiger charge is -2.32. The lowest BCUT2D eigenvalue weighted by molar-refractivity contribution is -0.130. The zero-order valence-electron chi connectivity index (χ0n) is 9.85. The molecule has 0 aromatic rings.